The van der Waals surface area contributed by atoms with Crippen LogP contribution in [0, 0.1) is 6.92 Å². The SMILES string of the molecule is Cc1cc(Cl)cc2nc(C(C)Cl)oc12. The van der Waals surface area contributed by atoms with Gasteiger partial charge in [0.25, 0.3) is 0 Å². The van der Waals surface area contributed by atoms with Gasteiger partial charge in [0.2, 0.25) is 5.89 Å². The Labute approximate surface area is 91.8 Å². The third-order valence-corrected chi connectivity index (χ3v) is 2.40. The van der Waals surface area contributed by atoms with Gasteiger partial charge in [0, 0.05) is 5.02 Å². The Balaban J connectivity index is 2.70. The van der Waals surface area contributed by atoms with E-state index in [1.807, 2.05) is 19.9 Å². The number of oxazole rings is 1. The van der Waals surface area contributed by atoms with Crippen LogP contribution in [0.5, 0.6) is 0 Å². The van der Waals surface area contributed by atoms with E-state index in [-0.39, 0.29) is 5.38 Å². The van der Waals surface area contributed by atoms with E-state index in [0.29, 0.717) is 10.9 Å². The zero-order valence-corrected chi connectivity index (χ0v) is 9.36. The van der Waals surface area contributed by atoms with Gasteiger partial charge in [-0.25, -0.2) is 4.98 Å². The Morgan fingerprint density at radius 3 is 2.79 bits per heavy atom. The van der Waals surface area contributed by atoms with Crippen LogP contribution in [0.15, 0.2) is 16.5 Å². The summed E-state index contributed by atoms with van der Waals surface area (Å²) >= 11 is 11.8. The molecular weight excluding hydrogens is 221 g/mol. The number of hydrogen-bond donors (Lipinski definition) is 0. The van der Waals surface area contributed by atoms with Crippen molar-refractivity contribution >= 4 is 34.3 Å². The second-order valence-electron chi connectivity index (χ2n) is 3.24. The molecule has 0 fully saturated rings. The fraction of sp³-hybridized carbons (Fsp3) is 0.300. The van der Waals surface area contributed by atoms with Crippen molar-refractivity contribution in [3.63, 3.8) is 0 Å². The van der Waals surface area contributed by atoms with E-state index >= 15 is 0 Å². The van der Waals surface area contributed by atoms with Crippen LogP contribution in [0.25, 0.3) is 11.1 Å². The minimum Gasteiger partial charge on any atom is -0.439 e. The predicted octanol–water partition coefficient (Wildman–Crippen LogP) is 4.09. The maximum Gasteiger partial charge on any atom is 0.213 e. The molecule has 2 aromatic rings. The molecule has 0 aliphatic heterocycles. The molecule has 2 nitrogen and oxygen atoms in total. The molecule has 1 aromatic carbocycles. The number of aryl methyl sites for hydroxylation is 1. The van der Waals surface area contributed by atoms with Crippen molar-refractivity contribution in [3.05, 3.63) is 28.6 Å². The molecule has 1 aromatic heterocycles. The number of alkyl halides is 1. The van der Waals surface area contributed by atoms with E-state index in [1.165, 1.54) is 0 Å². The van der Waals surface area contributed by atoms with Gasteiger partial charge in [-0.3, -0.25) is 0 Å². The molecule has 1 unspecified atom stereocenters. The van der Waals surface area contributed by atoms with Crippen LogP contribution in [0.4, 0.5) is 0 Å². The minimum atomic E-state index is -0.222. The average Bonchev–Trinajstić information content (AvgIpc) is 2.47. The topological polar surface area (TPSA) is 26.0 Å². The molecule has 1 atom stereocenters. The van der Waals surface area contributed by atoms with Gasteiger partial charge >= 0.3 is 0 Å². The number of benzene rings is 1. The molecule has 0 N–H and O–H groups in total. The second-order valence-corrected chi connectivity index (χ2v) is 4.33. The summed E-state index contributed by atoms with van der Waals surface area (Å²) in [5.74, 6) is 0.534. The summed E-state index contributed by atoms with van der Waals surface area (Å²) in [6.07, 6.45) is 0. The van der Waals surface area contributed by atoms with Crippen LogP contribution in [0.3, 0.4) is 0 Å². The molecule has 0 saturated carbocycles. The van der Waals surface area contributed by atoms with Gasteiger partial charge in [-0.05, 0) is 31.5 Å². The molecular formula is C10H9Cl2NO. The number of aromatic nitrogens is 1. The van der Waals surface area contributed by atoms with E-state index in [2.05, 4.69) is 4.98 Å². The molecule has 1 heterocycles. The van der Waals surface area contributed by atoms with Crippen LogP contribution in [-0.4, -0.2) is 4.98 Å². The van der Waals surface area contributed by atoms with Gasteiger partial charge in [0.05, 0.1) is 0 Å². The quantitative estimate of drug-likeness (QED) is 0.689. The third-order valence-electron chi connectivity index (χ3n) is 2.00. The van der Waals surface area contributed by atoms with Crippen molar-refractivity contribution in [2.24, 2.45) is 0 Å². The van der Waals surface area contributed by atoms with Crippen molar-refractivity contribution in [1.82, 2.24) is 4.98 Å². The highest BCUT2D eigenvalue weighted by Gasteiger charge is 2.12. The zero-order valence-electron chi connectivity index (χ0n) is 7.84. The van der Waals surface area contributed by atoms with Gasteiger partial charge in [-0.1, -0.05) is 11.6 Å². The molecule has 0 bridgehead atoms. The van der Waals surface area contributed by atoms with Crippen molar-refractivity contribution in [2.75, 3.05) is 0 Å². The summed E-state index contributed by atoms with van der Waals surface area (Å²) in [6, 6.07) is 3.62. The first-order valence-corrected chi connectivity index (χ1v) is 5.10. The summed E-state index contributed by atoms with van der Waals surface area (Å²) in [7, 11) is 0. The van der Waals surface area contributed by atoms with Crippen molar-refractivity contribution in [2.45, 2.75) is 19.2 Å². The maximum atomic E-state index is 5.90. The Kier molecular flexibility index (Phi) is 2.41. The lowest BCUT2D eigenvalue weighted by Crippen LogP contribution is -1.81. The first kappa shape index (κ1) is 9.81. The lowest BCUT2D eigenvalue weighted by atomic mass is 10.2. The predicted molar refractivity (Wildman–Crippen MR) is 58.0 cm³/mol. The van der Waals surface area contributed by atoms with E-state index in [0.717, 1.165) is 16.7 Å². The minimum absolute atomic E-state index is 0.222. The van der Waals surface area contributed by atoms with Gasteiger partial charge in [0.15, 0.2) is 5.58 Å². The normalized spacial score (nSPS) is 13.4. The van der Waals surface area contributed by atoms with Gasteiger partial charge in [-0.15, -0.1) is 11.6 Å². The smallest absolute Gasteiger partial charge is 0.213 e. The molecule has 0 aliphatic carbocycles. The Bertz CT molecular complexity index is 476. The molecule has 14 heavy (non-hydrogen) atoms. The number of halogens is 2. The molecule has 2 rings (SSSR count). The molecule has 0 spiro atoms. The molecule has 0 aliphatic rings. The van der Waals surface area contributed by atoms with Crippen molar-refractivity contribution < 1.29 is 4.42 Å². The number of rotatable bonds is 1. The Morgan fingerprint density at radius 1 is 1.43 bits per heavy atom. The second kappa shape index (κ2) is 3.44. The Hall–Kier alpha value is -0.730. The van der Waals surface area contributed by atoms with Gasteiger partial charge < -0.3 is 4.42 Å². The molecule has 0 radical (unpaired) electrons. The Morgan fingerprint density at radius 2 is 2.14 bits per heavy atom. The fourth-order valence-electron chi connectivity index (χ4n) is 1.34. The van der Waals surface area contributed by atoms with Crippen molar-refractivity contribution in [1.29, 1.82) is 0 Å². The van der Waals surface area contributed by atoms with Gasteiger partial charge in [0.1, 0.15) is 10.9 Å². The average molecular weight is 230 g/mol. The number of fused-ring (bicyclic) bond motifs is 1. The third kappa shape index (κ3) is 1.60. The van der Waals surface area contributed by atoms with E-state index in [4.69, 9.17) is 27.6 Å². The highest BCUT2D eigenvalue weighted by Crippen LogP contribution is 2.28. The molecule has 0 amide bonds. The van der Waals surface area contributed by atoms with Crippen LogP contribution in [0.1, 0.15) is 23.8 Å². The summed E-state index contributed by atoms with van der Waals surface area (Å²) in [5, 5.41) is 0.442. The van der Waals surface area contributed by atoms with E-state index in [1.54, 1.807) is 6.07 Å². The van der Waals surface area contributed by atoms with Crippen LogP contribution < -0.4 is 0 Å². The lowest BCUT2D eigenvalue weighted by Gasteiger charge is -1.94. The zero-order chi connectivity index (χ0) is 10.3. The summed E-state index contributed by atoms with van der Waals surface area (Å²) in [6.45, 7) is 3.76. The van der Waals surface area contributed by atoms with Crippen molar-refractivity contribution in [3.8, 4) is 0 Å². The molecule has 4 heteroatoms. The number of nitrogens with zero attached hydrogens (tertiary/aromatic N) is 1. The summed E-state index contributed by atoms with van der Waals surface area (Å²) in [5.41, 5.74) is 2.50. The first-order chi connectivity index (χ1) is 6.58. The summed E-state index contributed by atoms with van der Waals surface area (Å²) < 4.78 is 5.51. The number of hydrogen-bond acceptors (Lipinski definition) is 2. The largest absolute Gasteiger partial charge is 0.439 e. The van der Waals surface area contributed by atoms with Crippen LogP contribution in [-0.2, 0) is 0 Å². The highest BCUT2D eigenvalue weighted by molar-refractivity contribution is 6.31. The van der Waals surface area contributed by atoms with Crippen LogP contribution >= 0.6 is 23.2 Å². The van der Waals surface area contributed by atoms with E-state index < -0.39 is 0 Å². The van der Waals surface area contributed by atoms with Gasteiger partial charge in [-0.2, -0.15) is 0 Å². The standard InChI is InChI=1S/C10H9Cl2NO/c1-5-3-7(12)4-8-9(5)14-10(13-8)6(2)11/h3-4,6H,1-2H3. The molecule has 74 valence electrons. The monoisotopic (exact) mass is 229 g/mol. The fourth-order valence-corrected chi connectivity index (χ4v) is 1.70. The highest BCUT2D eigenvalue weighted by atomic mass is 35.5. The maximum absolute atomic E-state index is 5.90. The first-order valence-electron chi connectivity index (χ1n) is 4.28. The summed E-state index contributed by atoms with van der Waals surface area (Å²) in [4.78, 5) is 4.25. The van der Waals surface area contributed by atoms with Crippen LogP contribution in [0.2, 0.25) is 5.02 Å². The molecule has 0 saturated heterocycles. The van der Waals surface area contributed by atoms with E-state index in [9.17, 15) is 0 Å². The lowest BCUT2D eigenvalue weighted by molar-refractivity contribution is 0.530.